The number of nitrogens with zero attached hydrogens (tertiary/aromatic N) is 7. The lowest BCUT2D eigenvalue weighted by Gasteiger charge is -2.33. The topological polar surface area (TPSA) is 62.5 Å². The third kappa shape index (κ3) is 3.06. The first kappa shape index (κ1) is 18.2. The van der Waals surface area contributed by atoms with Gasteiger partial charge < -0.3 is 9.80 Å². The van der Waals surface area contributed by atoms with Crippen LogP contribution in [0.1, 0.15) is 28.8 Å². The van der Waals surface area contributed by atoms with Crippen LogP contribution in [-0.4, -0.2) is 56.6 Å². The monoisotopic (exact) mass is 419 g/mol. The molecule has 5 heterocycles. The van der Waals surface area contributed by atoms with Gasteiger partial charge in [-0.1, -0.05) is 35.4 Å². The summed E-state index contributed by atoms with van der Waals surface area (Å²) >= 11 is 1.83. The van der Waals surface area contributed by atoms with Crippen molar-refractivity contribution in [3.63, 3.8) is 0 Å². The number of fused-ring (bicyclic) bond motifs is 5. The summed E-state index contributed by atoms with van der Waals surface area (Å²) in [6.07, 6.45) is 4.63. The number of anilines is 1. The number of hydrogen-bond acceptors (Lipinski definition) is 7. The summed E-state index contributed by atoms with van der Waals surface area (Å²) in [6, 6.07) is 10.9. The second kappa shape index (κ2) is 7.28. The minimum atomic E-state index is 0.607. The van der Waals surface area contributed by atoms with Crippen molar-refractivity contribution in [3.05, 3.63) is 46.3 Å². The molecule has 0 N–H and O–H groups in total. The highest BCUT2D eigenvalue weighted by Crippen LogP contribution is 2.40. The molecule has 0 unspecified atom stereocenters. The number of tetrazole rings is 1. The van der Waals surface area contributed by atoms with Crippen LogP contribution in [0.5, 0.6) is 0 Å². The molecule has 154 valence electrons. The SMILES string of the molecule is CN1CCc2c(sc3c2c(N2CCC(Cc4ccccc4)CC2)nc2nnnn23)C1. The molecule has 1 aromatic carbocycles. The van der Waals surface area contributed by atoms with Gasteiger partial charge in [0.1, 0.15) is 10.6 Å². The summed E-state index contributed by atoms with van der Waals surface area (Å²) in [5, 5.41) is 13.6. The van der Waals surface area contributed by atoms with Crippen molar-refractivity contribution in [2.75, 3.05) is 31.6 Å². The second-order valence-corrected chi connectivity index (χ2v) is 9.70. The van der Waals surface area contributed by atoms with Crippen molar-refractivity contribution in [1.29, 1.82) is 0 Å². The average molecular weight is 420 g/mol. The van der Waals surface area contributed by atoms with Crippen LogP contribution in [0.2, 0.25) is 0 Å². The molecule has 0 aliphatic carbocycles. The van der Waals surface area contributed by atoms with Gasteiger partial charge in [0.05, 0.1) is 5.39 Å². The maximum absolute atomic E-state index is 4.94. The lowest BCUT2D eigenvalue weighted by molar-refractivity contribution is 0.318. The Labute approximate surface area is 179 Å². The highest BCUT2D eigenvalue weighted by Gasteiger charge is 2.28. The normalized spacial score (nSPS) is 18.4. The van der Waals surface area contributed by atoms with Gasteiger partial charge in [0, 0.05) is 31.1 Å². The van der Waals surface area contributed by atoms with E-state index < -0.39 is 0 Å². The van der Waals surface area contributed by atoms with E-state index in [4.69, 9.17) is 4.98 Å². The molecular weight excluding hydrogens is 394 g/mol. The molecule has 30 heavy (non-hydrogen) atoms. The van der Waals surface area contributed by atoms with E-state index in [0.29, 0.717) is 5.78 Å². The predicted molar refractivity (Wildman–Crippen MR) is 119 cm³/mol. The fourth-order valence-corrected chi connectivity index (χ4v) is 6.32. The maximum atomic E-state index is 4.94. The number of likely N-dealkylation sites (N-methyl/N-ethyl adjacent to an activating group) is 1. The molecule has 2 aliphatic rings. The fourth-order valence-electron chi connectivity index (χ4n) is 4.96. The number of aromatic nitrogens is 5. The largest absolute Gasteiger partial charge is 0.356 e. The van der Waals surface area contributed by atoms with Crippen molar-refractivity contribution in [2.45, 2.75) is 32.2 Å². The molecule has 0 atom stereocenters. The van der Waals surface area contributed by atoms with Crippen molar-refractivity contribution in [3.8, 4) is 0 Å². The molecule has 1 fully saturated rings. The molecule has 0 saturated carbocycles. The average Bonchev–Trinajstić information content (AvgIpc) is 3.38. The van der Waals surface area contributed by atoms with Crippen LogP contribution in [0.15, 0.2) is 30.3 Å². The summed E-state index contributed by atoms with van der Waals surface area (Å²) in [5.74, 6) is 2.44. The summed E-state index contributed by atoms with van der Waals surface area (Å²) in [5.41, 5.74) is 2.91. The third-order valence-electron chi connectivity index (χ3n) is 6.59. The van der Waals surface area contributed by atoms with Crippen LogP contribution >= 0.6 is 11.3 Å². The quantitative estimate of drug-likeness (QED) is 0.508. The number of thiophene rings is 1. The predicted octanol–water partition coefficient (Wildman–Crippen LogP) is 3.18. The standard InChI is InChI=1S/C22H25N7S/c1-27-10-9-17-18(14-27)30-21-19(17)20(23-22-24-25-26-29(21)22)28-11-7-16(8-12-28)13-15-5-3-2-4-6-15/h2-6,16H,7-14H2,1H3. The Morgan fingerprint density at radius 2 is 1.93 bits per heavy atom. The summed E-state index contributed by atoms with van der Waals surface area (Å²) in [4.78, 5) is 12.4. The Balaban J connectivity index is 1.34. The number of hydrogen-bond donors (Lipinski definition) is 0. The Hall–Kier alpha value is -2.58. The molecule has 3 aromatic heterocycles. The van der Waals surface area contributed by atoms with Crippen molar-refractivity contribution < 1.29 is 0 Å². The van der Waals surface area contributed by atoms with E-state index in [1.54, 1.807) is 0 Å². The van der Waals surface area contributed by atoms with Crippen molar-refractivity contribution in [2.24, 2.45) is 5.92 Å². The summed E-state index contributed by atoms with van der Waals surface area (Å²) in [7, 11) is 2.19. The zero-order chi connectivity index (χ0) is 20.1. The van der Waals surface area contributed by atoms with Gasteiger partial charge in [0.25, 0.3) is 5.78 Å². The molecule has 2 aliphatic heterocycles. The van der Waals surface area contributed by atoms with Gasteiger partial charge in [0.2, 0.25) is 0 Å². The first-order chi connectivity index (χ1) is 14.8. The molecule has 0 amide bonds. The summed E-state index contributed by atoms with van der Waals surface area (Å²) in [6.45, 7) is 4.17. The molecule has 0 radical (unpaired) electrons. The number of rotatable bonds is 3. The Kier molecular flexibility index (Phi) is 4.42. The van der Waals surface area contributed by atoms with Gasteiger partial charge in [-0.2, -0.15) is 9.50 Å². The Morgan fingerprint density at radius 3 is 2.77 bits per heavy atom. The molecule has 6 rings (SSSR count). The fraction of sp³-hybridized carbons (Fsp3) is 0.455. The highest BCUT2D eigenvalue weighted by molar-refractivity contribution is 7.19. The van der Waals surface area contributed by atoms with Gasteiger partial charge in [-0.05, 0) is 60.2 Å². The van der Waals surface area contributed by atoms with Gasteiger partial charge in [-0.3, -0.25) is 0 Å². The van der Waals surface area contributed by atoms with E-state index in [2.05, 4.69) is 62.7 Å². The minimum Gasteiger partial charge on any atom is -0.356 e. The van der Waals surface area contributed by atoms with Gasteiger partial charge in [-0.15, -0.1) is 11.3 Å². The Morgan fingerprint density at radius 1 is 1.10 bits per heavy atom. The number of benzene rings is 1. The van der Waals surface area contributed by atoms with E-state index in [9.17, 15) is 0 Å². The van der Waals surface area contributed by atoms with Crippen LogP contribution in [0.4, 0.5) is 5.82 Å². The highest BCUT2D eigenvalue weighted by atomic mass is 32.1. The summed E-state index contributed by atoms with van der Waals surface area (Å²) < 4.78 is 1.82. The van der Waals surface area contributed by atoms with Crippen LogP contribution in [0.25, 0.3) is 16.0 Å². The number of piperidine rings is 1. The third-order valence-corrected chi connectivity index (χ3v) is 7.78. The van der Waals surface area contributed by atoms with Gasteiger partial charge in [-0.25, -0.2) is 0 Å². The van der Waals surface area contributed by atoms with Crippen LogP contribution in [0, 0.1) is 5.92 Å². The van der Waals surface area contributed by atoms with Gasteiger partial charge in [0.15, 0.2) is 0 Å². The molecular formula is C22H25N7S. The zero-order valence-corrected chi connectivity index (χ0v) is 18.0. The molecule has 0 bridgehead atoms. The molecule has 1 saturated heterocycles. The lowest BCUT2D eigenvalue weighted by atomic mass is 9.90. The first-order valence-electron chi connectivity index (χ1n) is 10.8. The van der Waals surface area contributed by atoms with Crippen LogP contribution in [0.3, 0.4) is 0 Å². The molecule has 4 aromatic rings. The lowest BCUT2D eigenvalue weighted by Crippen LogP contribution is -2.35. The maximum Gasteiger partial charge on any atom is 0.276 e. The van der Waals surface area contributed by atoms with Crippen LogP contribution < -0.4 is 4.90 Å². The smallest absolute Gasteiger partial charge is 0.276 e. The van der Waals surface area contributed by atoms with E-state index in [-0.39, 0.29) is 0 Å². The van der Waals surface area contributed by atoms with Crippen molar-refractivity contribution >= 4 is 33.1 Å². The zero-order valence-electron chi connectivity index (χ0n) is 17.2. The van der Waals surface area contributed by atoms with E-state index in [0.717, 1.165) is 49.2 Å². The van der Waals surface area contributed by atoms with E-state index in [1.165, 1.54) is 40.7 Å². The first-order valence-corrected chi connectivity index (χ1v) is 11.6. The van der Waals surface area contributed by atoms with Crippen LogP contribution in [-0.2, 0) is 19.4 Å². The van der Waals surface area contributed by atoms with E-state index in [1.807, 2.05) is 15.9 Å². The molecule has 0 spiro atoms. The Bertz CT molecular complexity index is 1190. The minimum absolute atomic E-state index is 0.607. The van der Waals surface area contributed by atoms with E-state index >= 15 is 0 Å². The second-order valence-electron chi connectivity index (χ2n) is 8.62. The van der Waals surface area contributed by atoms with Gasteiger partial charge >= 0.3 is 0 Å². The molecule has 8 heteroatoms. The van der Waals surface area contributed by atoms with Crippen molar-refractivity contribution in [1.82, 2.24) is 29.9 Å². The molecule has 7 nitrogen and oxygen atoms in total.